The van der Waals surface area contributed by atoms with Crippen LogP contribution in [0.4, 0.5) is 4.39 Å². The number of aromatic nitrogens is 1. The Morgan fingerprint density at radius 3 is 2.62 bits per heavy atom. The number of nitrogens with one attached hydrogen (secondary N) is 1. The van der Waals surface area contributed by atoms with Crippen molar-refractivity contribution in [3.05, 3.63) is 53.6 Å². The lowest BCUT2D eigenvalue weighted by molar-refractivity contribution is -0.123. The van der Waals surface area contributed by atoms with Crippen molar-refractivity contribution in [1.82, 2.24) is 9.88 Å². The number of hydrogen-bond donors (Lipinski definition) is 1. The molecule has 1 N–H and O–H groups in total. The Morgan fingerprint density at radius 1 is 1.24 bits per heavy atom. The second-order valence-corrected chi connectivity index (χ2v) is 4.86. The lowest BCUT2D eigenvalue weighted by atomic mass is 10.3. The van der Waals surface area contributed by atoms with Crippen LogP contribution in [0.1, 0.15) is 11.4 Å². The van der Waals surface area contributed by atoms with Crippen molar-refractivity contribution in [2.75, 3.05) is 13.2 Å². The minimum atomic E-state index is -0.383. The zero-order valence-electron chi connectivity index (χ0n) is 12.2. The van der Waals surface area contributed by atoms with Gasteiger partial charge in [-0.3, -0.25) is 4.79 Å². The van der Waals surface area contributed by atoms with Crippen molar-refractivity contribution >= 4 is 5.91 Å². The number of carbonyl (C=O) groups excluding carboxylic acids is 1. The third-order valence-electron chi connectivity index (χ3n) is 3.24. The summed E-state index contributed by atoms with van der Waals surface area (Å²) in [6, 6.07) is 9.83. The van der Waals surface area contributed by atoms with E-state index in [4.69, 9.17) is 4.74 Å². The highest BCUT2D eigenvalue weighted by Gasteiger charge is 2.04. The van der Waals surface area contributed by atoms with Crippen LogP contribution in [0.5, 0.6) is 5.75 Å². The fourth-order valence-corrected chi connectivity index (χ4v) is 2.12. The smallest absolute Gasteiger partial charge is 0.258 e. The van der Waals surface area contributed by atoms with Crippen molar-refractivity contribution in [1.29, 1.82) is 0 Å². The van der Waals surface area contributed by atoms with E-state index in [2.05, 4.69) is 9.88 Å². The summed E-state index contributed by atoms with van der Waals surface area (Å²) in [5.41, 5.74) is 2.33. The maximum absolute atomic E-state index is 12.9. The van der Waals surface area contributed by atoms with Crippen LogP contribution >= 0.6 is 0 Å². The standard InChI is InChI=1S/C16H19FN2O2/c1-12-6-7-13(2)19(12)9-8-18-16(20)11-21-15-5-3-4-14(17)10-15/h3-7,10H,8-9,11H2,1-2H3,(H,18,20). The zero-order valence-corrected chi connectivity index (χ0v) is 12.2. The van der Waals surface area contributed by atoms with Crippen molar-refractivity contribution in [2.45, 2.75) is 20.4 Å². The van der Waals surface area contributed by atoms with Gasteiger partial charge < -0.3 is 14.6 Å². The predicted octanol–water partition coefficient (Wildman–Crippen LogP) is 2.44. The molecular weight excluding hydrogens is 271 g/mol. The van der Waals surface area contributed by atoms with Crippen LogP contribution in [0.25, 0.3) is 0 Å². The topological polar surface area (TPSA) is 43.3 Å². The van der Waals surface area contributed by atoms with Crippen molar-refractivity contribution in [2.24, 2.45) is 0 Å². The summed E-state index contributed by atoms with van der Waals surface area (Å²) < 4.78 is 20.3. The second-order valence-electron chi connectivity index (χ2n) is 4.86. The average molecular weight is 290 g/mol. The van der Waals surface area contributed by atoms with E-state index in [-0.39, 0.29) is 18.3 Å². The summed E-state index contributed by atoms with van der Waals surface area (Å²) in [7, 11) is 0. The third kappa shape index (κ3) is 4.34. The van der Waals surface area contributed by atoms with Crippen LogP contribution in [0, 0.1) is 19.7 Å². The van der Waals surface area contributed by atoms with Gasteiger partial charge in [-0.2, -0.15) is 0 Å². The molecule has 1 aromatic heterocycles. The number of ether oxygens (including phenoxy) is 1. The monoisotopic (exact) mass is 290 g/mol. The van der Waals surface area contributed by atoms with Crippen LogP contribution in [-0.4, -0.2) is 23.6 Å². The highest BCUT2D eigenvalue weighted by Crippen LogP contribution is 2.11. The van der Waals surface area contributed by atoms with Gasteiger partial charge in [-0.05, 0) is 38.1 Å². The van der Waals surface area contributed by atoms with Crippen LogP contribution in [0.2, 0.25) is 0 Å². The predicted molar refractivity (Wildman–Crippen MR) is 78.8 cm³/mol. The molecule has 1 aromatic carbocycles. The van der Waals surface area contributed by atoms with Gasteiger partial charge in [-0.25, -0.2) is 4.39 Å². The molecule has 0 saturated heterocycles. The van der Waals surface area contributed by atoms with E-state index >= 15 is 0 Å². The van der Waals surface area contributed by atoms with E-state index in [9.17, 15) is 9.18 Å². The molecule has 1 heterocycles. The van der Waals surface area contributed by atoms with Crippen LogP contribution in [-0.2, 0) is 11.3 Å². The van der Waals surface area contributed by atoms with Gasteiger partial charge in [0.2, 0.25) is 0 Å². The van der Waals surface area contributed by atoms with E-state index in [1.807, 2.05) is 26.0 Å². The molecule has 0 saturated carbocycles. The molecule has 4 nitrogen and oxygen atoms in total. The quantitative estimate of drug-likeness (QED) is 0.888. The molecule has 0 radical (unpaired) electrons. The molecule has 0 spiro atoms. The molecule has 0 aliphatic rings. The molecular formula is C16H19FN2O2. The Labute approximate surface area is 123 Å². The molecule has 0 unspecified atom stereocenters. The van der Waals surface area contributed by atoms with E-state index in [1.54, 1.807) is 12.1 Å². The molecule has 2 rings (SSSR count). The first-order chi connectivity index (χ1) is 10.1. The molecule has 0 bridgehead atoms. The number of rotatable bonds is 6. The lowest BCUT2D eigenvalue weighted by Gasteiger charge is -2.11. The van der Waals surface area contributed by atoms with Crippen molar-refractivity contribution in [3.8, 4) is 5.75 Å². The Balaban J connectivity index is 1.73. The minimum Gasteiger partial charge on any atom is -0.484 e. The van der Waals surface area contributed by atoms with E-state index in [0.29, 0.717) is 12.3 Å². The van der Waals surface area contributed by atoms with Gasteiger partial charge in [-0.15, -0.1) is 0 Å². The van der Waals surface area contributed by atoms with Gasteiger partial charge in [0.05, 0.1) is 0 Å². The Bertz CT molecular complexity index is 603. The number of halogens is 1. The largest absolute Gasteiger partial charge is 0.484 e. The molecule has 5 heteroatoms. The van der Waals surface area contributed by atoms with Gasteiger partial charge in [0.1, 0.15) is 11.6 Å². The fourth-order valence-electron chi connectivity index (χ4n) is 2.12. The number of benzene rings is 1. The number of carbonyl (C=O) groups is 1. The first kappa shape index (κ1) is 15.1. The number of amides is 1. The summed E-state index contributed by atoms with van der Waals surface area (Å²) in [5.74, 6) is -0.254. The normalized spacial score (nSPS) is 10.4. The van der Waals surface area contributed by atoms with Crippen molar-refractivity contribution < 1.29 is 13.9 Å². The molecule has 0 fully saturated rings. The van der Waals surface area contributed by atoms with Gasteiger partial charge in [-0.1, -0.05) is 6.07 Å². The summed E-state index contributed by atoms with van der Waals surface area (Å²) in [4.78, 5) is 11.7. The van der Waals surface area contributed by atoms with Gasteiger partial charge in [0.15, 0.2) is 6.61 Å². The van der Waals surface area contributed by atoms with Gasteiger partial charge in [0, 0.05) is 30.5 Å². The lowest BCUT2D eigenvalue weighted by Crippen LogP contribution is -2.31. The van der Waals surface area contributed by atoms with Crippen LogP contribution < -0.4 is 10.1 Å². The third-order valence-corrected chi connectivity index (χ3v) is 3.24. The number of hydrogen-bond acceptors (Lipinski definition) is 2. The molecule has 0 aliphatic heterocycles. The molecule has 21 heavy (non-hydrogen) atoms. The Morgan fingerprint density at radius 2 is 1.95 bits per heavy atom. The summed E-state index contributed by atoms with van der Waals surface area (Å²) >= 11 is 0. The Hall–Kier alpha value is -2.30. The highest BCUT2D eigenvalue weighted by atomic mass is 19.1. The van der Waals surface area contributed by atoms with Crippen LogP contribution in [0.3, 0.4) is 0 Å². The zero-order chi connectivity index (χ0) is 15.2. The molecule has 1 amide bonds. The first-order valence-corrected chi connectivity index (χ1v) is 6.84. The Kier molecular flexibility index (Phi) is 4.98. The first-order valence-electron chi connectivity index (χ1n) is 6.84. The molecule has 0 atom stereocenters. The minimum absolute atomic E-state index is 0.118. The van der Waals surface area contributed by atoms with E-state index in [0.717, 1.165) is 17.9 Å². The molecule has 112 valence electrons. The maximum atomic E-state index is 12.9. The van der Waals surface area contributed by atoms with Crippen LogP contribution in [0.15, 0.2) is 36.4 Å². The molecule has 2 aromatic rings. The summed E-state index contributed by atoms with van der Waals surface area (Å²) in [5, 5.41) is 2.78. The van der Waals surface area contributed by atoms with Gasteiger partial charge >= 0.3 is 0 Å². The summed E-state index contributed by atoms with van der Waals surface area (Å²) in [6.07, 6.45) is 0. The average Bonchev–Trinajstić information content (AvgIpc) is 2.77. The number of aryl methyl sites for hydroxylation is 2. The second kappa shape index (κ2) is 6.92. The van der Waals surface area contributed by atoms with Gasteiger partial charge in [0.25, 0.3) is 5.91 Å². The van der Waals surface area contributed by atoms with E-state index in [1.165, 1.54) is 12.1 Å². The fraction of sp³-hybridized carbons (Fsp3) is 0.312. The molecule has 0 aliphatic carbocycles. The number of nitrogens with zero attached hydrogens (tertiary/aromatic N) is 1. The SMILES string of the molecule is Cc1ccc(C)n1CCNC(=O)COc1cccc(F)c1. The highest BCUT2D eigenvalue weighted by molar-refractivity contribution is 5.77. The summed E-state index contributed by atoms with van der Waals surface area (Å²) in [6.45, 7) is 5.19. The van der Waals surface area contributed by atoms with E-state index < -0.39 is 0 Å². The maximum Gasteiger partial charge on any atom is 0.258 e. The van der Waals surface area contributed by atoms with Crippen molar-refractivity contribution in [3.63, 3.8) is 0 Å².